The molecule has 15 heavy (non-hydrogen) atoms. The van der Waals surface area contributed by atoms with E-state index in [0.717, 1.165) is 0 Å². The van der Waals surface area contributed by atoms with Crippen LogP contribution in [-0.4, -0.2) is 47.7 Å². The fourth-order valence-corrected chi connectivity index (χ4v) is 2.71. The molecule has 3 atom stereocenters. The van der Waals surface area contributed by atoms with E-state index in [4.69, 9.17) is 9.84 Å². The average molecular weight is 211 g/mol. The molecule has 1 saturated carbocycles. The number of carbonyl (C=O) groups is 2. The molecule has 5 nitrogen and oxygen atoms in total. The van der Waals surface area contributed by atoms with Gasteiger partial charge in [-0.1, -0.05) is 0 Å². The summed E-state index contributed by atoms with van der Waals surface area (Å²) in [5, 5.41) is 8.84. The van der Waals surface area contributed by atoms with E-state index in [9.17, 15) is 9.59 Å². The second-order valence-electron chi connectivity index (χ2n) is 4.57. The normalized spacial score (nSPS) is 42.0. The van der Waals surface area contributed by atoms with Gasteiger partial charge in [0.25, 0.3) is 0 Å². The summed E-state index contributed by atoms with van der Waals surface area (Å²) in [5.74, 6) is -0.0513. The Bertz CT molecular complexity index is 319. The SMILES string of the molecule is O=C(O)C1CCN1C(=O)C1C2COCC21. The third-order valence-corrected chi connectivity index (χ3v) is 3.83. The lowest BCUT2D eigenvalue weighted by Crippen LogP contribution is -2.56. The first-order valence-electron chi connectivity index (χ1n) is 5.31. The summed E-state index contributed by atoms with van der Waals surface area (Å²) < 4.78 is 5.21. The lowest BCUT2D eigenvalue weighted by Gasteiger charge is -2.38. The molecule has 5 heteroatoms. The number of hydrogen-bond acceptors (Lipinski definition) is 3. The van der Waals surface area contributed by atoms with Crippen LogP contribution in [0.15, 0.2) is 0 Å². The van der Waals surface area contributed by atoms with Gasteiger partial charge in [-0.05, 0) is 18.3 Å². The van der Waals surface area contributed by atoms with Crippen molar-refractivity contribution in [2.75, 3.05) is 19.8 Å². The van der Waals surface area contributed by atoms with Crippen LogP contribution in [0.1, 0.15) is 6.42 Å². The zero-order chi connectivity index (χ0) is 10.6. The van der Waals surface area contributed by atoms with Gasteiger partial charge in [0.05, 0.1) is 13.2 Å². The number of rotatable bonds is 2. The Kier molecular flexibility index (Phi) is 1.80. The lowest BCUT2D eigenvalue weighted by molar-refractivity contribution is -0.158. The Balaban J connectivity index is 1.64. The Morgan fingerprint density at radius 3 is 2.40 bits per heavy atom. The van der Waals surface area contributed by atoms with Crippen LogP contribution in [-0.2, 0) is 14.3 Å². The highest BCUT2D eigenvalue weighted by Crippen LogP contribution is 2.52. The van der Waals surface area contributed by atoms with Gasteiger partial charge in [-0.15, -0.1) is 0 Å². The van der Waals surface area contributed by atoms with Crippen molar-refractivity contribution >= 4 is 11.9 Å². The number of nitrogens with zero attached hydrogens (tertiary/aromatic N) is 1. The minimum atomic E-state index is -0.878. The Morgan fingerprint density at radius 1 is 1.27 bits per heavy atom. The number of likely N-dealkylation sites (tertiary alicyclic amines) is 1. The fraction of sp³-hybridized carbons (Fsp3) is 0.800. The number of carboxylic acid groups (broad SMARTS) is 1. The topological polar surface area (TPSA) is 66.8 Å². The van der Waals surface area contributed by atoms with E-state index >= 15 is 0 Å². The van der Waals surface area contributed by atoms with Gasteiger partial charge in [0, 0.05) is 12.5 Å². The zero-order valence-corrected chi connectivity index (χ0v) is 8.26. The molecular weight excluding hydrogens is 198 g/mol. The maximum absolute atomic E-state index is 11.9. The monoisotopic (exact) mass is 211 g/mol. The first-order valence-corrected chi connectivity index (χ1v) is 5.31. The van der Waals surface area contributed by atoms with Crippen LogP contribution in [0.2, 0.25) is 0 Å². The first-order chi connectivity index (χ1) is 7.20. The van der Waals surface area contributed by atoms with Crippen LogP contribution < -0.4 is 0 Å². The van der Waals surface area contributed by atoms with Gasteiger partial charge in [0.15, 0.2) is 0 Å². The Hall–Kier alpha value is -1.10. The van der Waals surface area contributed by atoms with Crippen LogP contribution in [0.25, 0.3) is 0 Å². The van der Waals surface area contributed by atoms with Crippen molar-refractivity contribution in [1.29, 1.82) is 0 Å². The second kappa shape index (κ2) is 2.95. The number of aliphatic carboxylic acids is 1. The van der Waals surface area contributed by atoms with Crippen LogP contribution in [0.5, 0.6) is 0 Å². The molecular formula is C10H13NO4. The second-order valence-corrected chi connectivity index (χ2v) is 4.57. The maximum atomic E-state index is 11.9. The van der Waals surface area contributed by atoms with E-state index in [1.165, 1.54) is 4.90 Å². The van der Waals surface area contributed by atoms with Crippen LogP contribution in [0, 0.1) is 17.8 Å². The van der Waals surface area contributed by atoms with Crippen molar-refractivity contribution in [2.45, 2.75) is 12.5 Å². The predicted molar refractivity (Wildman–Crippen MR) is 49.0 cm³/mol. The van der Waals surface area contributed by atoms with Gasteiger partial charge in [-0.25, -0.2) is 4.79 Å². The van der Waals surface area contributed by atoms with Crippen molar-refractivity contribution in [1.82, 2.24) is 4.90 Å². The van der Waals surface area contributed by atoms with Gasteiger partial charge in [-0.2, -0.15) is 0 Å². The summed E-state index contributed by atoms with van der Waals surface area (Å²) in [6, 6.07) is -0.570. The molecule has 0 aromatic rings. The van der Waals surface area contributed by atoms with E-state index in [1.54, 1.807) is 0 Å². The molecule has 0 aromatic heterocycles. The molecule has 0 aromatic carbocycles. The molecule has 0 radical (unpaired) electrons. The van der Waals surface area contributed by atoms with Gasteiger partial charge in [0.1, 0.15) is 6.04 Å². The van der Waals surface area contributed by atoms with E-state index in [0.29, 0.717) is 38.0 Å². The molecule has 3 fully saturated rings. The van der Waals surface area contributed by atoms with E-state index < -0.39 is 12.0 Å². The minimum absolute atomic E-state index is 0.0342. The van der Waals surface area contributed by atoms with Crippen LogP contribution in [0.4, 0.5) is 0 Å². The largest absolute Gasteiger partial charge is 0.480 e. The molecule has 82 valence electrons. The van der Waals surface area contributed by atoms with E-state index in [2.05, 4.69) is 0 Å². The molecule has 1 aliphatic carbocycles. The predicted octanol–water partition coefficient (Wildman–Crippen LogP) is -0.436. The quantitative estimate of drug-likeness (QED) is 0.672. The third-order valence-electron chi connectivity index (χ3n) is 3.83. The molecule has 3 unspecified atom stereocenters. The lowest BCUT2D eigenvalue weighted by atomic mass is 10.0. The molecule has 1 amide bonds. The highest BCUT2D eigenvalue weighted by atomic mass is 16.5. The molecule has 2 aliphatic heterocycles. The first kappa shape index (κ1) is 9.15. The number of carbonyl (C=O) groups excluding carboxylic acids is 1. The Morgan fingerprint density at radius 2 is 1.93 bits per heavy atom. The minimum Gasteiger partial charge on any atom is -0.480 e. The van der Waals surface area contributed by atoms with Crippen LogP contribution >= 0.6 is 0 Å². The highest BCUT2D eigenvalue weighted by molar-refractivity contribution is 5.88. The number of amides is 1. The summed E-state index contributed by atoms with van der Waals surface area (Å²) in [6.07, 6.45) is 0.597. The number of fused-ring (bicyclic) bond motifs is 1. The van der Waals surface area contributed by atoms with E-state index in [-0.39, 0.29) is 11.8 Å². The van der Waals surface area contributed by atoms with Crippen molar-refractivity contribution in [3.05, 3.63) is 0 Å². The fourth-order valence-electron chi connectivity index (χ4n) is 2.71. The maximum Gasteiger partial charge on any atom is 0.326 e. The summed E-state index contributed by atoms with van der Waals surface area (Å²) >= 11 is 0. The summed E-state index contributed by atoms with van der Waals surface area (Å²) in [7, 11) is 0. The third kappa shape index (κ3) is 1.19. The van der Waals surface area contributed by atoms with Crippen LogP contribution in [0.3, 0.4) is 0 Å². The summed E-state index contributed by atoms with van der Waals surface area (Å²) in [5.41, 5.74) is 0. The van der Waals surface area contributed by atoms with Crippen molar-refractivity contribution < 1.29 is 19.4 Å². The van der Waals surface area contributed by atoms with Crippen molar-refractivity contribution in [3.63, 3.8) is 0 Å². The van der Waals surface area contributed by atoms with E-state index in [1.807, 2.05) is 0 Å². The smallest absolute Gasteiger partial charge is 0.326 e. The van der Waals surface area contributed by atoms with Gasteiger partial charge in [-0.3, -0.25) is 4.79 Å². The number of hydrogen-bond donors (Lipinski definition) is 1. The molecule has 2 heterocycles. The Labute approximate surface area is 87.0 Å². The van der Waals surface area contributed by atoms with Gasteiger partial charge < -0.3 is 14.7 Å². The van der Waals surface area contributed by atoms with Crippen molar-refractivity contribution in [3.8, 4) is 0 Å². The molecule has 0 bridgehead atoms. The standard InChI is InChI=1S/C10H13NO4/c12-9(8-5-3-15-4-6(5)8)11-2-1-7(11)10(13)14/h5-8H,1-4H2,(H,13,14). The molecule has 3 rings (SSSR count). The zero-order valence-electron chi connectivity index (χ0n) is 8.26. The summed E-state index contributed by atoms with van der Waals surface area (Å²) in [6.45, 7) is 1.95. The molecule has 0 spiro atoms. The molecule has 1 N–H and O–H groups in total. The molecule has 2 saturated heterocycles. The van der Waals surface area contributed by atoms with Crippen molar-refractivity contribution in [2.24, 2.45) is 17.8 Å². The molecule has 3 aliphatic rings. The van der Waals surface area contributed by atoms with Gasteiger partial charge >= 0.3 is 5.97 Å². The number of carboxylic acids is 1. The number of ether oxygens (including phenoxy) is 1. The summed E-state index contributed by atoms with van der Waals surface area (Å²) in [4.78, 5) is 24.2. The van der Waals surface area contributed by atoms with Gasteiger partial charge in [0.2, 0.25) is 5.91 Å². The average Bonchev–Trinajstić information content (AvgIpc) is 2.58. The highest BCUT2D eigenvalue weighted by Gasteiger charge is 2.60.